The molecule has 4 nitrogen and oxygen atoms in total. The van der Waals surface area contributed by atoms with Crippen molar-refractivity contribution in [2.24, 2.45) is 5.73 Å². The van der Waals surface area contributed by atoms with Crippen LogP contribution < -0.4 is 11.1 Å². The summed E-state index contributed by atoms with van der Waals surface area (Å²) >= 11 is 1.71. The zero-order valence-electron chi connectivity index (χ0n) is 12.4. The van der Waals surface area contributed by atoms with Gasteiger partial charge in [-0.05, 0) is 31.0 Å². The minimum atomic E-state index is -0.0569. The minimum absolute atomic E-state index is 0.0141. The molecule has 1 unspecified atom stereocenters. The molecule has 0 aliphatic heterocycles. The molecule has 2 aromatic rings. The van der Waals surface area contributed by atoms with Crippen LogP contribution >= 0.6 is 11.3 Å². The summed E-state index contributed by atoms with van der Waals surface area (Å²) in [4.78, 5) is 17.6. The summed E-state index contributed by atoms with van der Waals surface area (Å²) in [6, 6.07) is 7.40. The van der Waals surface area contributed by atoms with E-state index in [2.05, 4.69) is 17.2 Å². The van der Waals surface area contributed by atoms with E-state index in [1.807, 2.05) is 37.4 Å². The summed E-state index contributed by atoms with van der Waals surface area (Å²) in [5, 5.41) is 3.99. The molecule has 0 aliphatic rings. The lowest BCUT2D eigenvalue weighted by Gasteiger charge is -2.07. The standard InChI is InChI=1S/C16H21N3OS/c1-3-14-10-19-15(21-14)8-9-18-16(20)13-6-4-12(5-7-13)11(2)17/h4-7,10-11H,3,8-9,17H2,1-2H3,(H,18,20). The Bertz CT molecular complexity index is 590. The van der Waals surface area contributed by atoms with Gasteiger partial charge in [-0.2, -0.15) is 0 Å². The molecule has 2 rings (SSSR count). The third-order valence-electron chi connectivity index (χ3n) is 3.27. The molecular formula is C16H21N3OS. The van der Waals surface area contributed by atoms with Gasteiger partial charge in [0.15, 0.2) is 0 Å². The molecule has 112 valence electrons. The highest BCUT2D eigenvalue weighted by molar-refractivity contribution is 7.11. The van der Waals surface area contributed by atoms with Crippen molar-refractivity contribution in [1.82, 2.24) is 10.3 Å². The number of carbonyl (C=O) groups is 1. The molecule has 0 fully saturated rings. The number of carbonyl (C=O) groups excluding carboxylic acids is 1. The molecule has 0 saturated heterocycles. The first-order chi connectivity index (χ1) is 10.1. The highest BCUT2D eigenvalue weighted by atomic mass is 32.1. The van der Waals surface area contributed by atoms with Crippen LogP contribution in [0.4, 0.5) is 0 Å². The van der Waals surface area contributed by atoms with Gasteiger partial charge in [-0.3, -0.25) is 4.79 Å². The zero-order chi connectivity index (χ0) is 15.2. The SMILES string of the molecule is CCc1cnc(CCNC(=O)c2ccc(C(C)N)cc2)s1. The van der Waals surface area contributed by atoms with Crippen LogP contribution in [0.25, 0.3) is 0 Å². The number of hydrogen-bond donors (Lipinski definition) is 2. The lowest BCUT2D eigenvalue weighted by atomic mass is 10.1. The number of aryl methyl sites for hydroxylation is 1. The molecule has 0 radical (unpaired) electrons. The molecule has 3 N–H and O–H groups in total. The number of amides is 1. The van der Waals surface area contributed by atoms with Gasteiger partial charge in [0, 0.05) is 35.6 Å². The smallest absolute Gasteiger partial charge is 0.251 e. The van der Waals surface area contributed by atoms with E-state index in [1.165, 1.54) is 4.88 Å². The highest BCUT2D eigenvalue weighted by Crippen LogP contribution is 2.14. The normalized spacial score (nSPS) is 12.1. The highest BCUT2D eigenvalue weighted by Gasteiger charge is 2.07. The zero-order valence-corrected chi connectivity index (χ0v) is 13.2. The molecular weight excluding hydrogens is 282 g/mol. The van der Waals surface area contributed by atoms with Gasteiger partial charge < -0.3 is 11.1 Å². The second kappa shape index (κ2) is 7.33. The van der Waals surface area contributed by atoms with E-state index < -0.39 is 0 Å². The third kappa shape index (κ3) is 4.37. The van der Waals surface area contributed by atoms with E-state index in [4.69, 9.17) is 5.73 Å². The first-order valence-corrected chi connectivity index (χ1v) is 7.99. The Hall–Kier alpha value is -1.72. The van der Waals surface area contributed by atoms with Gasteiger partial charge in [-0.25, -0.2) is 4.98 Å². The van der Waals surface area contributed by atoms with Crippen molar-refractivity contribution in [3.05, 3.63) is 51.5 Å². The van der Waals surface area contributed by atoms with Crippen molar-refractivity contribution in [1.29, 1.82) is 0 Å². The topological polar surface area (TPSA) is 68.0 Å². The van der Waals surface area contributed by atoms with Gasteiger partial charge in [0.1, 0.15) is 0 Å². The fourth-order valence-electron chi connectivity index (χ4n) is 1.95. The van der Waals surface area contributed by atoms with Crippen molar-refractivity contribution in [3.63, 3.8) is 0 Å². The minimum Gasteiger partial charge on any atom is -0.352 e. The van der Waals surface area contributed by atoms with Gasteiger partial charge in [-0.1, -0.05) is 19.1 Å². The van der Waals surface area contributed by atoms with Gasteiger partial charge in [0.25, 0.3) is 5.91 Å². The maximum atomic E-state index is 12.0. The maximum Gasteiger partial charge on any atom is 0.251 e. The molecule has 0 spiro atoms. The average molecular weight is 303 g/mol. The van der Waals surface area contributed by atoms with Crippen molar-refractivity contribution in [2.45, 2.75) is 32.7 Å². The lowest BCUT2D eigenvalue weighted by molar-refractivity contribution is 0.0954. The first-order valence-electron chi connectivity index (χ1n) is 7.17. The predicted molar refractivity (Wildman–Crippen MR) is 86.6 cm³/mol. The lowest BCUT2D eigenvalue weighted by Crippen LogP contribution is -2.25. The molecule has 1 amide bonds. The quantitative estimate of drug-likeness (QED) is 0.862. The van der Waals surface area contributed by atoms with Crippen molar-refractivity contribution < 1.29 is 4.79 Å². The number of hydrogen-bond acceptors (Lipinski definition) is 4. The summed E-state index contributed by atoms with van der Waals surface area (Å²) in [6.45, 7) is 4.64. The summed E-state index contributed by atoms with van der Waals surface area (Å²) in [5.41, 5.74) is 7.48. The monoisotopic (exact) mass is 303 g/mol. The van der Waals surface area contributed by atoms with E-state index in [9.17, 15) is 4.79 Å². The summed E-state index contributed by atoms with van der Waals surface area (Å²) in [5.74, 6) is -0.0569. The molecule has 0 aliphatic carbocycles. The average Bonchev–Trinajstić information content (AvgIpc) is 2.95. The van der Waals surface area contributed by atoms with Gasteiger partial charge >= 0.3 is 0 Å². The number of aromatic nitrogens is 1. The van der Waals surface area contributed by atoms with Crippen LogP contribution in [0.3, 0.4) is 0 Å². The van der Waals surface area contributed by atoms with Crippen LogP contribution in [0.1, 0.15) is 45.7 Å². The third-order valence-corrected chi connectivity index (χ3v) is 4.47. The second-order valence-corrected chi connectivity index (χ2v) is 6.19. The molecule has 5 heteroatoms. The van der Waals surface area contributed by atoms with E-state index in [-0.39, 0.29) is 11.9 Å². The van der Waals surface area contributed by atoms with Gasteiger partial charge in [-0.15, -0.1) is 11.3 Å². The first kappa shape index (κ1) is 15.7. The Morgan fingerprint density at radius 2 is 2.10 bits per heavy atom. The molecule has 1 aromatic heterocycles. The van der Waals surface area contributed by atoms with E-state index in [0.717, 1.165) is 23.4 Å². The summed E-state index contributed by atoms with van der Waals surface area (Å²) < 4.78 is 0. The number of thiazole rings is 1. The van der Waals surface area contributed by atoms with Crippen LogP contribution in [0.5, 0.6) is 0 Å². The number of rotatable bonds is 6. The summed E-state index contributed by atoms with van der Waals surface area (Å²) in [6.07, 6.45) is 3.69. The van der Waals surface area contributed by atoms with Crippen molar-refractivity contribution in [3.8, 4) is 0 Å². The molecule has 1 heterocycles. The van der Waals surface area contributed by atoms with Gasteiger partial charge in [0.05, 0.1) is 5.01 Å². The molecule has 0 saturated carbocycles. The van der Waals surface area contributed by atoms with E-state index in [0.29, 0.717) is 12.1 Å². The van der Waals surface area contributed by atoms with Crippen molar-refractivity contribution in [2.75, 3.05) is 6.54 Å². The fraction of sp³-hybridized carbons (Fsp3) is 0.375. The molecule has 1 aromatic carbocycles. The number of nitrogens with two attached hydrogens (primary N) is 1. The number of nitrogens with one attached hydrogen (secondary N) is 1. The Kier molecular flexibility index (Phi) is 5.47. The maximum absolute atomic E-state index is 12.0. The van der Waals surface area contributed by atoms with Crippen LogP contribution in [-0.4, -0.2) is 17.4 Å². The van der Waals surface area contributed by atoms with E-state index >= 15 is 0 Å². The van der Waals surface area contributed by atoms with Crippen LogP contribution in [0.15, 0.2) is 30.5 Å². The van der Waals surface area contributed by atoms with Crippen molar-refractivity contribution >= 4 is 17.2 Å². The predicted octanol–water partition coefficient (Wildman–Crippen LogP) is 2.70. The molecule has 0 bridgehead atoms. The largest absolute Gasteiger partial charge is 0.352 e. The second-order valence-electron chi connectivity index (χ2n) is 4.99. The Balaban J connectivity index is 1.83. The molecule has 21 heavy (non-hydrogen) atoms. The Labute approximate surface area is 129 Å². The fourth-order valence-corrected chi connectivity index (χ4v) is 2.81. The number of benzene rings is 1. The van der Waals surface area contributed by atoms with E-state index in [1.54, 1.807) is 11.3 Å². The Morgan fingerprint density at radius 3 is 2.67 bits per heavy atom. The van der Waals surface area contributed by atoms with Gasteiger partial charge in [0.2, 0.25) is 0 Å². The van der Waals surface area contributed by atoms with Crippen LogP contribution in [0.2, 0.25) is 0 Å². The van der Waals surface area contributed by atoms with Crippen LogP contribution in [0, 0.1) is 0 Å². The Morgan fingerprint density at radius 1 is 1.38 bits per heavy atom. The number of nitrogens with zero attached hydrogens (tertiary/aromatic N) is 1. The van der Waals surface area contributed by atoms with Crippen LogP contribution in [-0.2, 0) is 12.8 Å². The summed E-state index contributed by atoms with van der Waals surface area (Å²) in [7, 11) is 0. The molecule has 1 atom stereocenters.